The maximum absolute atomic E-state index is 14.0. The topological polar surface area (TPSA) is 139 Å². The Balaban J connectivity index is 2.09. The van der Waals surface area contributed by atoms with Crippen molar-refractivity contribution < 1.29 is 19.3 Å². The Kier molecular flexibility index (Phi) is 2.92. The summed E-state index contributed by atoms with van der Waals surface area (Å²) in [5.74, 6) is -0.142. The number of hydrogen-bond acceptors (Lipinski definition) is 7. The smallest absolute Gasteiger partial charge is 0.280 e. The van der Waals surface area contributed by atoms with Gasteiger partial charge in [0.25, 0.3) is 5.56 Å². The Labute approximate surface area is 110 Å². The van der Waals surface area contributed by atoms with Crippen molar-refractivity contribution in [1.82, 2.24) is 19.5 Å². The number of rotatable bonds is 2. The first-order chi connectivity index (χ1) is 9.52. The van der Waals surface area contributed by atoms with Gasteiger partial charge < -0.3 is 20.7 Å². The molecule has 1 aliphatic rings. The number of fused-ring (bicyclic) bond motifs is 1. The van der Waals surface area contributed by atoms with Crippen LogP contribution in [0.2, 0.25) is 0 Å². The maximum Gasteiger partial charge on any atom is 0.280 e. The molecule has 1 saturated heterocycles. The highest BCUT2D eigenvalue weighted by Crippen LogP contribution is 2.32. The van der Waals surface area contributed by atoms with Crippen LogP contribution in [0.1, 0.15) is 6.23 Å². The van der Waals surface area contributed by atoms with Gasteiger partial charge >= 0.3 is 0 Å². The molecular weight excluding hydrogens is 273 g/mol. The van der Waals surface area contributed by atoms with Crippen molar-refractivity contribution in [2.24, 2.45) is 0 Å². The van der Waals surface area contributed by atoms with E-state index in [1.807, 2.05) is 0 Å². The fourth-order valence-electron chi connectivity index (χ4n) is 2.21. The minimum Gasteiger partial charge on any atom is -0.394 e. The van der Waals surface area contributed by atoms with Gasteiger partial charge in [-0.25, -0.2) is 9.37 Å². The average molecular weight is 285 g/mol. The molecule has 0 unspecified atom stereocenters. The summed E-state index contributed by atoms with van der Waals surface area (Å²) in [4.78, 5) is 21.6. The summed E-state index contributed by atoms with van der Waals surface area (Å²) in [5, 5.41) is 18.6. The van der Waals surface area contributed by atoms with Gasteiger partial charge in [-0.05, 0) is 0 Å². The van der Waals surface area contributed by atoms with Crippen molar-refractivity contribution in [3.05, 3.63) is 16.7 Å². The number of H-pyrrole nitrogens is 1. The largest absolute Gasteiger partial charge is 0.394 e. The minimum absolute atomic E-state index is 0.0167. The number of aromatic nitrogens is 4. The summed E-state index contributed by atoms with van der Waals surface area (Å²) >= 11 is 0. The highest BCUT2D eigenvalue weighted by molar-refractivity contribution is 5.70. The highest BCUT2D eigenvalue weighted by atomic mass is 19.1. The number of aromatic amines is 1. The Hall–Kier alpha value is -2.04. The van der Waals surface area contributed by atoms with E-state index in [-0.39, 0.29) is 17.1 Å². The normalized spacial score (nSPS) is 30.1. The number of nitrogens with zero attached hydrogens (tertiary/aromatic N) is 3. The lowest BCUT2D eigenvalue weighted by Crippen LogP contribution is -2.30. The van der Waals surface area contributed by atoms with Crippen molar-refractivity contribution in [3.8, 4) is 0 Å². The van der Waals surface area contributed by atoms with Gasteiger partial charge in [-0.1, -0.05) is 0 Å². The second kappa shape index (κ2) is 4.51. The predicted molar refractivity (Wildman–Crippen MR) is 64.5 cm³/mol. The zero-order chi connectivity index (χ0) is 14.4. The molecule has 2 aromatic rings. The number of nitrogen functional groups attached to an aromatic ring is 1. The van der Waals surface area contributed by atoms with Gasteiger partial charge in [0.15, 0.2) is 23.6 Å². The molecule has 0 aliphatic carbocycles. The Morgan fingerprint density at radius 3 is 3.00 bits per heavy atom. The van der Waals surface area contributed by atoms with Crippen LogP contribution in [0, 0.1) is 0 Å². The fraction of sp³-hybridized carbons (Fsp3) is 0.500. The van der Waals surface area contributed by atoms with Crippen molar-refractivity contribution >= 4 is 17.1 Å². The number of imidazole rings is 1. The monoisotopic (exact) mass is 285 g/mol. The van der Waals surface area contributed by atoms with Gasteiger partial charge in [-0.15, -0.1) is 0 Å². The van der Waals surface area contributed by atoms with Crippen LogP contribution in [0.4, 0.5) is 10.3 Å². The fourth-order valence-corrected chi connectivity index (χ4v) is 2.21. The van der Waals surface area contributed by atoms with E-state index in [4.69, 9.17) is 15.6 Å². The molecule has 0 radical (unpaired) electrons. The molecule has 1 aliphatic heterocycles. The van der Waals surface area contributed by atoms with Crippen LogP contribution < -0.4 is 11.3 Å². The molecule has 3 heterocycles. The molecule has 0 spiro atoms. The molecule has 0 aromatic carbocycles. The molecule has 9 nitrogen and oxygen atoms in total. The highest BCUT2D eigenvalue weighted by Gasteiger charge is 2.45. The summed E-state index contributed by atoms with van der Waals surface area (Å²) < 4.78 is 20.4. The van der Waals surface area contributed by atoms with Crippen LogP contribution in [0.5, 0.6) is 0 Å². The van der Waals surface area contributed by atoms with E-state index in [0.717, 1.165) is 0 Å². The average Bonchev–Trinajstić information content (AvgIpc) is 2.93. The third-order valence-corrected chi connectivity index (χ3v) is 3.20. The van der Waals surface area contributed by atoms with E-state index < -0.39 is 36.8 Å². The lowest BCUT2D eigenvalue weighted by atomic mass is 10.1. The van der Waals surface area contributed by atoms with E-state index in [0.29, 0.717) is 0 Å². The molecule has 0 saturated carbocycles. The van der Waals surface area contributed by atoms with Crippen LogP contribution in [0.25, 0.3) is 11.2 Å². The van der Waals surface area contributed by atoms with Crippen LogP contribution >= 0.6 is 0 Å². The number of aliphatic hydroxyl groups excluding tert-OH is 2. The third-order valence-electron chi connectivity index (χ3n) is 3.20. The van der Waals surface area contributed by atoms with Gasteiger partial charge in [-0.2, -0.15) is 4.98 Å². The van der Waals surface area contributed by atoms with Crippen LogP contribution in [-0.4, -0.2) is 54.7 Å². The molecule has 1 fully saturated rings. The van der Waals surface area contributed by atoms with E-state index in [1.54, 1.807) is 0 Å². The number of halogens is 1. The predicted octanol–water partition coefficient (Wildman–Crippen LogP) is -1.71. The second-order valence-corrected chi connectivity index (χ2v) is 4.46. The number of hydrogen-bond donors (Lipinski definition) is 4. The van der Waals surface area contributed by atoms with E-state index >= 15 is 0 Å². The number of aliphatic hydroxyl groups is 2. The van der Waals surface area contributed by atoms with E-state index in [9.17, 15) is 14.3 Å². The van der Waals surface area contributed by atoms with Crippen molar-refractivity contribution in [2.75, 3.05) is 12.3 Å². The molecule has 108 valence electrons. The molecule has 0 bridgehead atoms. The molecule has 0 amide bonds. The lowest BCUT2D eigenvalue weighted by molar-refractivity contribution is -0.0459. The Morgan fingerprint density at radius 1 is 1.60 bits per heavy atom. The Bertz CT molecular complexity index is 701. The van der Waals surface area contributed by atoms with Crippen molar-refractivity contribution in [2.45, 2.75) is 24.6 Å². The molecule has 3 rings (SSSR count). The molecular formula is C10H12FN5O4. The molecule has 20 heavy (non-hydrogen) atoms. The third kappa shape index (κ3) is 1.77. The lowest BCUT2D eigenvalue weighted by Gasteiger charge is -2.14. The zero-order valence-electron chi connectivity index (χ0n) is 10.1. The number of anilines is 1. The summed E-state index contributed by atoms with van der Waals surface area (Å²) in [6, 6.07) is 0. The molecule has 5 N–H and O–H groups in total. The second-order valence-electron chi connectivity index (χ2n) is 4.46. The number of nitrogens with two attached hydrogens (primary N) is 1. The molecule has 10 heteroatoms. The molecule has 2 aromatic heterocycles. The van der Waals surface area contributed by atoms with Crippen LogP contribution in [-0.2, 0) is 4.74 Å². The summed E-state index contributed by atoms with van der Waals surface area (Å²) in [6.45, 7) is -0.527. The van der Waals surface area contributed by atoms with E-state index in [1.165, 1.54) is 10.9 Å². The first kappa shape index (κ1) is 13.0. The Morgan fingerprint density at radius 2 is 2.35 bits per heavy atom. The van der Waals surface area contributed by atoms with Gasteiger partial charge in [-0.3, -0.25) is 14.3 Å². The first-order valence-corrected chi connectivity index (χ1v) is 5.83. The van der Waals surface area contributed by atoms with Gasteiger partial charge in [0.2, 0.25) is 5.95 Å². The summed E-state index contributed by atoms with van der Waals surface area (Å²) in [7, 11) is 0. The van der Waals surface area contributed by atoms with Gasteiger partial charge in [0.05, 0.1) is 12.9 Å². The van der Waals surface area contributed by atoms with E-state index in [2.05, 4.69) is 15.0 Å². The standard InChI is InChI=1S/C10H12FN5O4/c11-4-6(18)3(1-17)20-9(4)16-2-13-5-7(16)14-10(12)15-8(5)19/h2-4,6,9,17-18H,1H2,(H3,12,14,15,19)/t3-,4-,6-,9+/m1/s1. The quantitative estimate of drug-likeness (QED) is 0.515. The number of alkyl halides is 1. The van der Waals surface area contributed by atoms with Crippen LogP contribution in [0.15, 0.2) is 11.1 Å². The minimum atomic E-state index is -1.79. The first-order valence-electron chi connectivity index (χ1n) is 5.83. The summed E-state index contributed by atoms with van der Waals surface area (Å²) in [5.41, 5.74) is 4.91. The summed E-state index contributed by atoms with van der Waals surface area (Å²) in [6.07, 6.45) is -4.36. The maximum atomic E-state index is 14.0. The molecule has 4 atom stereocenters. The van der Waals surface area contributed by atoms with Crippen LogP contribution in [0.3, 0.4) is 0 Å². The van der Waals surface area contributed by atoms with Crippen molar-refractivity contribution in [1.29, 1.82) is 0 Å². The van der Waals surface area contributed by atoms with Gasteiger partial charge in [0.1, 0.15) is 12.2 Å². The number of nitrogens with one attached hydrogen (secondary N) is 1. The number of ether oxygens (including phenoxy) is 1. The van der Waals surface area contributed by atoms with Crippen molar-refractivity contribution in [3.63, 3.8) is 0 Å². The van der Waals surface area contributed by atoms with Gasteiger partial charge in [0, 0.05) is 0 Å². The SMILES string of the molecule is Nc1nc2c(ncn2[C@H]2O[C@H](CO)[C@@H](O)[C@H]2F)c(=O)[nH]1. The zero-order valence-corrected chi connectivity index (χ0v) is 10.1.